The fourth-order valence-electron chi connectivity index (χ4n) is 3.34. The van der Waals surface area contributed by atoms with Crippen LogP contribution in [0.3, 0.4) is 0 Å². The molecule has 1 amide bonds. The molecule has 3 aromatic rings. The predicted molar refractivity (Wildman–Crippen MR) is 117 cm³/mol. The van der Waals surface area contributed by atoms with E-state index in [9.17, 15) is 4.79 Å². The number of nitrogens with zero attached hydrogens (tertiary/aromatic N) is 4. The molecule has 1 saturated heterocycles. The Balaban J connectivity index is 1.41. The van der Waals surface area contributed by atoms with Crippen molar-refractivity contribution in [2.24, 2.45) is 0 Å². The highest BCUT2D eigenvalue weighted by molar-refractivity contribution is 6.35. The minimum absolute atomic E-state index is 0.0991. The Hall–Kier alpha value is -2.63. The molecule has 1 aliphatic heterocycles. The number of amides is 1. The summed E-state index contributed by atoms with van der Waals surface area (Å²) in [6.45, 7) is 4.60. The first-order chi connectivity index (χ1) is 14.0. The molecule has 1 aromatic heterocycles. The average Bonchev–Trinajstić information content (AvgIpc) is 2.76. The number of rotatable bonds is 3. The molecule has 5 nitrogen and oxygen atoms in total. The molecule has 0 saturated carbocycles. The van der Waals surface area contributed by atoms with Crippen molar-refractivity contribution in [2.45, 2.75) is 6.92 Å². The maximum atomic E-state index is 12.8. The maximum absolute atomic E-state index is 12.8. The largest absolute Gasteiger partial charge is 0.352 e. The van der Waals surface area contributed by atoms with E-state index in [4.69, 9.17) is 23.2 Å². The summed E-state index contributed by atoms with van der Waals surface area (Å²) >= 11 is 12.2. The van der Waals surface area contributed by atoms with Gasteiger partial charge >= 0.3 is 0 Å². The van der Waals surface area contributed by atoms with Crippen LogP contribution in [-0.4, -0.2) is 47.2 Å². The van der Waals surface area contributed by atoms with E-state index in [1.807, 2.05) is 24.3 Å². The van der Waals surface area contributed by atoms with Crippen LogP contribution in [0.1, 0.15) is 15.9 Å². The monoisotopic (exact) mass is 426 g/mol. The minimum atomic E-state index is -0.0991. The van der Waals surface area contributed by atoms with E-state index >= 15 is 0 Å². The van der Waals surface area contributed by atoms with Gasteiger partial charge in [0.25, 0.3) is 5.91 Å². The molecule has 0 spiro atoms. The molecule has 0 atom stereocenters. The van der Waals surface area contributed by atoms with Crippen LogP contribution >= 0.6 is 23.2 Å². The third-order valence-corrected chi connectivity index (χ3v) is 5.61. The van der Waals surface area contributed by atoms with E-state index in [2.05, 4.69) is 34.2 Å². The Bertz CT molecular complexity index is 1010. The number of aromatic nitrogens is 2. The fourth-order valence-corrected chi connectivity index (χ4v) is 3.71. The molecule has 2 aromatic carbocycles. The third kappa shape index (κ3) is 4.36. The lowest BCUT2D eigenvalue weighted by Gasteiger charge is -2.35. The van der Waals surface area contributed by atoms with E-state index in [1.54, 1.807) is 23.1 Å². The molecule has 7 heteroatoms. The standard InChI is InChI=1S/C22H20Cl2N4O/c1-15-2-4-16(5-3-15)20-8-9-21(26-25-20)27-10-12-28(13-11-27)22(29)18-14-17(23)6-7-19(18)24/h2-9,14H,10-13H2,1H3. The van der Waals surface area contributed by atoms with Crippen LogP contribution in [0, 0.1) is 6.92 Å². The number of hydrogen-bond donors (Lipinski definition) is 0. The molecule has 0 unspecified atom stereocenters. The second-order valence-corrected chi connectivity index (χ2v) is 7.89. The van der Waals surface area contributed by atoms with Gasteiger partial charge in [-0.2, -0.15) is 0 Å². The molecule has 0 bridgehead atoms. The zero-order valence-electron chi connectivity index (χ0n) is 16.0. The van der Waals surface area contributed by atoms with Crippen molar-refractivity contribution in [1.29, 1.82) is 0 Å². The highest BCUT2D eigenvalue weighted by Gasteiger charge is 2.24. The van der Waals surface area contributed by atoms with Crippen molar-refractivity contribution in [3.05, 3.63) is 75.8 Å². The van der Waals surface area contributed by atoms with Gasteiger partial charge in [0.05, 0.1) is 16.3 Å². The van der Waals surface area contributed by atoms with Gasteiger partial charge in [-0.1, -0.05) is 53.0 Å². The lowest BCUT2D eigenvalue weighted by atomic mass is 10.1. The van der Waals surface area contributed by atoms with Crippen LogP contribution in [0.15, 0.2) is 54.6 Å². The molecular formula is C22H20Cl2N4O. The lowest BCUT2D eigenvalue weighted by Crippen LogP contribution is -2.49. The molecule has 0 radical (unpaired) electrons. The second kappa shape index (κ2) is 8.39. The van der Waals surface area contributed by atoms with Gasteiger partial charge in [-0.05, 0) is 37.3 Å². The van der Waals surface area contributed by atoms with Crippen molar-refractivity contribution in [1.82, 2.24) is 15.1 Å². The number of anilines is 1. The topological polar surface area (TPSA) is 49.3 Å². The lowest BCUT2D eigenvalue weighted by molar-refractivity contribution is 0.0746. The van der Waals surface area contributed by atoms with Crippen molar-refractivity contribution < 1.29 is 4.79 Å². The summed E-state index contributed by atoms with van der Waals surface area (Å²) in [4.78, 5) is 16.7. The van der Waals surface area contributed by atoms with E-state index in [0.717, 1.165) is 17.1 Å². The minimum Gasteiger partial charge on any atom is -0.352 e. The Morgan fingerprint density at radius 2 is 1.62 bits per heavy atom. The molecule has 0 aliphatic carbocycles. The van der Waals surface area contributed by atoms with E-state index in [1.165, 1.54) is 5.56 Å². The Morgan fingerprint density at radius 3 is 2.28 bits per heavy atom. The number of hydrogen-bond acceptors (Lipinski definition) is 4. The summed E-state index contributed by atoms with van der Waals surface area (Å²) in [6.07, 6.45) is 0. The van der Waals surface area contributed by atoms with E-state index in [0.29, 0.717) is 41.8 Å². The van der Waals surface area contributed by atoms with Crippen LogP contribution in [0.2, 0.25) is 10.0 Å². The first-order valence-corrected chi connectivity index (χ1v) is 10.2. The third-order valence-electron chi connectivity index (χ3n) is 5.05. The van der Waals surface area contributed by atoms with E-state index in [-0.39, 0.29) is 5.91 Å². The molecule has 29 heavy (non-hydrogen) atoms. The summed E-state index contributed by atoms with van der Waals surface area (Å²) in [5.41, 5.74) is 3.54. The Labute approximate surface area is 179 Å². The zero-order chi connectivity index (χ0) is 20.4. The fraction of sp³-hybridized carbons (Fsp3) is 0.227. The van der Waals surface area contributed by atoms with Crippen LogP contribution in [0.4, 0.5) is 5.82 Å². The average molecular weight is 427 g/mol. The highest BCUT2D eigenvalue weighted by atomic mass is 35.5. The van der Waals surface area contributed by atoms with Gasteiger partial charge in [-0.15, -0.1) is 10.2 Å². The van der Waals surface area contributed by atoms with Gasteiger partial charge in [-0.3, -0.25) is 4.79 Å². The number of carbonyl (C=O) groups excluding carboxylic acids is 1. The van der Waals surface area contributed by atoms with Gasteiger partial charge in [0.2, 0.25) is 0 Å². The first-order valence-electron chi connectivity index (χ1n) is 9.41. The predicted octanol–water partition coefficient (Wildman–Crippen LogP) is 4.72. The molecular weight excluding hydrogens is 407 g/mol. The van der Waals surface area contributed by atoms with Crippen molar-refractivity contribution >= 4 is 34.9 Å². The van der Waals surface area contributed by atoms with Crippen LogP contribution in [0.25, 0.3) is 11.3 Å². The Morgan fingerprint density at radius 1 is 0.897 bits per heavy atom. The quantitative estimate of drug-likeness (QED) is 0.607. The summed E-state index contributed by atoms with van der Waals surface area (Å²) < 4.78 is 0. The van der Waals surface area contributed by atoms with Gasteiger partial charge in [0.1, 0.15) is 0 Å². The summed E-state index contributed by atoms with van der Waals surface area (Å²) in [5.74, 6) is 0.715. The smallest absolute Gasteiger partial charge is 0.255 e. The summed E-state index contributed by atoms with van der Waals surface area (Å²) in [5, 5.41) is 9.68. The van der Waals surface area contributed by atoms with Crippen LogP contribution < -0.4 is 4.90 Å². The van der Waals surface area contributed by atoms with Crippen LogP contribution in [0.5, 0.6) is 0 Å². The summed E-state index contributed by atoms with van der Waals surface area (Å²) in [6, 6.07) is 17.1. The summed E-state index contributed by atoms with van der Waals surface area (Å²) in [7, 11) is 0. The molecule has 1 aliphatic rings. The number of piperazine rings is 1. The highest BCUT2D eigenvalue weighted by Crippen LogP contribution is 2.24. The number of benzene rings is 2. The number of halogens is 2. The molecule has 1 fully saturated rings. The van der Waals surface area contributed by atoms with Crippen molar-refractivity contribution in [3.8, 4) is 11.3 Å². The Kier molecular flexibility index (Phi) is 5.69. The maximum Gasteiger partial charge on any atom is 0.255 e. The van der Waals surface area contributed by atoms with Crippen molar-refractivity contribution in [2.75, 3.05) is 31.1 Å². The number of aryl methyl sites for hydroxylation is 1. The molecule has 4 rings (SSSR count). The van der Waals surface area contributed by atoms with Crippen LogP contribution in [-0.2, 0) is 0 Å². The van der Waals surface area contributed by atoms with Gasteiger partial charge in [-0.25, -0.2) is 0 Å². The number of carbonyl (C=O) groups is 1. The second-order valence-electron chi connectivity index (χ2n) is 7.05. The van der Waals surface area contributed by atoms with Gasteiger partial charge < -0.3 is 9.80 Å². The van der Waals surface area contributed by atoms with Gasteiger partial charge in [0, 0.05) is 36.8 Å². The normalized spacial score (nSPS) is 14.2. The van der Waals surface area contributed by atoms with E-state index < -0.39 is 0 Å². The SMILES string of the molecule is Cc1ccc(-c2ccc(N3CCN(C(=O)c4cc(Cl)ccc4Cl)CC3)nn2)cc1. The molecule has 148 valence electrons. The molecule has 2 heterocycles. The van der Waals surface area contributed by atoms with Gasteiger partial charge in [0.15, 0.2) is 5.82 Å². The zero-order valence-corrected chi connectivity index (χ0v) is 17.5. The van der Waals surface area contributed by atoms with Crippen molar-refractivity contribution in [3.63, 3.8) is 0 Å². The molecule has 0 N–H and O–H groups in total. The first kappa shape index (κ1) is 19.7.